The summed E-state index contributed by atoms with van der Waals surface area (Å²) in [6.07, 6.45) is 6.25. The maximum Gasteiger partial charge on any atom is 0.282 e. The van der Waals surface area contributed by atoms with Crippen molar-refractivity contribution in [3.63, 3.8) is 0 Å². The number of hydrogen-bond donors (Lipinski definition) is 1. The van der Waals surface area contributed by atoms with Crippen LogP contribution in [0.4, 0.5) is 0 Å². The monoisotopic (exact) mass is 277 g/mol. The fourth-order valence-electron chi connectivity index (χ4n) is 2.88. The highest BCUT2D eigenvalue weighted by atomic mass is 32.2. The first-order chi connectivity index (χ1) is 8.40. The molecule has 0 radical (unpaired) electrons. The van der Waals surface area contributed by atoms with Crippen molar-refractivity contribution in [2.24, 2.45) is 5.73 Å². The molecule has 108 valence electrons. The lowest BCUT2D eigenvalue weighted by Gasteiger charge is -2.42. The van der Waals surface area contributed by atoms with E-state index in [4.69, 9.17) is 5.73 Å². The number of nitrogens with two attached hydrogens (primary N) is 1. The Morgan fingerprint density at radius 3 is 1.94 bits per heavy atom. The Morgan fingerprint density at radius 1 is 1.11 bits per heavy atom. The van der Waals surface area contributed by atoms with Gasteiger partial charge in [0.2, 0.25) is 0 Å². The van der Waals surface area contributed by atoms with Crippen molar-refractivity contribution >= 4 is 10.2 Å². The van der Waals surface area contributed by atoms with Crippen LogP contribution in [-0.4, -0.2) is 49.8 Å². The Bertz CT molecular complexity index is 346. The topological polar surface area (TPSA) is 66.6 Å². The summed E-state index contributed by atoms with van der Waals surface area (Å²) in [5, 5.41) is 0. The second-order valence-electron chi connectivity index (χ2n) is 5.30. The number of nitrogens with zero attached hydrogens (tertiary/aromatic N) is 2. The molecular weight excluding hydrogens is 250 g/mol. The zero-order valence-electron chi connectivity index (χ0n) is 11.9. The molecule has 0 bridgehead atoms. The molecule has 0 aliphatic heterocycles. The van der Waals surface area contributed by atoms with E-state index in [9.17, 15) is 8.42 Å². The molecule has 0 aromatic carbocycles. The van der Waals surface area contributed by atoms with Gasteiger partial charge in [-0.3, -0.25) is 0 Å². The van der Waals surface area contributed by atoms with Crippen molar-refractivity contribution in [1.29, 1.82) is 0 Å². The minimum atomic E-state index is -3.39. The van der Waals surface area contributed by atoms with Crippen molar-refractivity contribution in [2.45, 2.75) is 51.0 Å². The predicted molar refractivity (Wildman–Crippen MR) is 74.5 cm³/mol. The molecule has 0 atom stereocenters. The molecule has 1 aliphatic carbocycles. The molecule has 1 fully saturated rings. The van der Waals surface area contributed by atoms with Gasteiger partial charge in [0.1, 0.15) is 0 Å². The van der Waals surface area contributed by atoms with Crippen LogP contribution >= 0.6 is 0 Å². The molecule has 0 aromatic rings. The summed E-state index contributed by atoms with van der Waals surface area (Å²) in [6, 6.07) is 0. The summed E-state index contributed by atoms with van der Waals surface area (Å²) >= 11 is 0. The van der Waals surface area contributed by atoms with Crippen LogP contribution < -0.4 is 5.73 Å². The first kappa shape index (κ1) is 15.9. The highest BCUT2D eigenvalue weighted by molar-refractivity contribution is 7.86. The molecule has 1 aliphatic rings. The average Bonchev–Trinajstić information content (AvgIpc) is 2.56. The Morgan fingerprint density at radius 2 is 1.61 bits per heavy atom. The Kier molecular flexibility index (Phi) is 5.58. The van der Waals surface area contributed by atoms with Crippen LogP contribution in [-0.2, 0) is 10.2 Å². The van der Waals surface area contributed by atoms with Gasteiger partial charge < -0.3 is 5.73 Å². The van der Waals surface area contributed by atoms with Gasteiger partial charge in [0.05, 0.1) is 0 Å². The van der Waals surface area contributed by atoms with Gasteiger partial charge >= 0.3 is 0 Å². The van der Waals surface area contributed by atoms with Crippen LogP contribution in [0.3, 0.4) is 0 Å². The van der Waals surface area contributed by atoms with Crippen molar-refractivity contribution in [3.8, 4) is 0 Å². The lowest BCUT2D eigenvalue weighted by molar-refractivity contribution is 0.166. The van der Waals surface area contributed by atoms with Crippen LogP contribution in [0.1, 0.15) is 45.4 Å². The molecule has 18 heavy (non-hydrogen) atoms. The van der Waals surface area contributed by atoms with Crippen LogP contribution in [0, 0.1) is 0 Å². The van der Waals surface area contributed by atoms with Crippen molar-refractivity contribution < 1.29 is 8.42 Å². The van der Waals surface area contributed by atoms with Gasteiger partial charge in [0.25, 0.3) is 10.2 Å². The molecule has 2 N–H and O–H groups in total. The van der Waals surface area contributed by atoms with Crippen LogP contribution in [0.25, 0.3) is 0 Å². The molecule has 5 nitrogen and oxygen atoms in total. The minimum Gasteiger partial charge on any atom is -0.329 e. The zero-order chi connectivity index (χ0) is 13.8. The molecule has 0 unspecified atom stereocenters. The Labute approximate surface area is 112 Å². The van der Waals surface area contributed by atoms with E-state index in [1.165, 1.54) is 17.1 Å². The van der Waals surface area contributed by atoms with Gasteiger partial charge in [-0.05, 0) is 12.8 Å². The van der Waals surface area contributed by atoms with E-state index < -0.39 is 10.2 Å². The van der Waals surface area contributed by atoms with Gasteiger partial charge in [-0.1, -0.05) is 32.6 Å². The van der Waals surface area contributed by atoms with Crippen molar-refractivity contribution in [3.05, 3.63) is 0 Å². The zero-order valence-corrected chi connectivity index (χ0v) is 12.7. The highest BCUT2D eigenvalue weighted by Gasteiger charge is 2.42. The second-order valence-corrected chi connectivity index (χ2v) is 7.36. The van der Waals surface area contributed by atoms with E-state index in [0.29, 0.717) is 13.1 Å². The first-order valence-corrected chi connectivity index (χ1v) is 8.21. The van der Waals surface area contributed by atoms with Crippen LogP contribution in [0.15, 0.2) is 0 Å². The van der Waals surface area contributed by atoms with E-state index in [-0.39, 0.29) is 5.54 Å². The third kappa shape index (κ3) is 3.04. The predicted octanol–water partition coefficient (Wildman–Crippen LogP) is 1.17. The summed E-state index contributed by atoms with van der Waals surface area (Å²) < 4.78 is 27.8. The smallest absolute Gasteiger partial charge is 0.282 e. The van der Waals surface area contributed by atoms with Crippen molar-refractivity contribution in [1.82, 2.24) is 8.61 Å². The minimum absolute atomic E-state index is 0.381. The van der Waals surface area contributed by atoms with Crippen LogP contribution in [0.2, 0.25) is 0 Å². The molecule has 0 saturated heterocycles. The SMILES string of the molecule is CCN(C1(CN)CCCCCC1)S(=O)(=O)N(C)C. The Balaban J connectivity index is 3.09. The fraction of sp³-hybridized carbons (Fsp3) is 1.00. The van der Waals surface area contributed by atoms with E-state index in [0.717, 1.165) is 25.7 Å². The largest absolute Gasteiger partial charge is 0.329 e. The number of rotatable bonds is 5. The average molecular weight is 277 g/mol. The summed E-state index contributed by atoms with van der Waals surface area (Å²) in [5.74, 6) is 0. The molecule has 0 heterocycles. The summed E-state index contributed by atoms with van der Waals surface area (Å²) in [4.78, 5) is 0. The molecule has 0 amide bonds. The van der Waals surface area contributed by atoms with Crippen molar-refractivity contribution in [2.75, 3.05) is 27.2 Å². The maximum atomic E-state index is 12.4. The quantitative estimate of drug-likeness (QED) is 0.767. The van der Waals surface area contributed by atoms with Crippen LogP contribution in [0.5, 0.6) is 0 Å². The molecule has 6 heteroatoms. The van der Waals surface area contributed by atoms with Gasteiger partial charge in [0, 0.05) is 32.7 Å². The normalized spacial score (nSPS) is 21.2. The van der Waals surface area contributed by atoms with E-state index in [1.54, 1.807) is 18.4 Å². The summed E-state index contributed by atoms with van der Waals surface area (Å²) in [7, 11) is -0.224. The molecule has 1 saturated carbocycles. The van der Waals surface area contributed by atoms with Gasteiger partial charge in [0.15, 0.2) is 0 Å². The number of hydrogen-bond acceptors (Lipinski definition) is 3. The second kappa shape index (κ2) is 6.32. The third-order valence-corrected chi connectivity index (χ3v) is 6.10. The molecule has 1 rings (SSSR count). The van der Waals surface area contributed by atoms with E-state index in [2.05, 4.69) is 0 Å². The standard InChI is InChI=1S/C12H27N3O2S/c1-4-15(18(16,17)14(2)3)12(11-13)9-7-5-6-8-10-12/h4-11,13H2,1-3H3. The fourth-order valence-corrected chi connectivity index (χ4v) is 4.35. The number of likely N-dealkylation sites (N-methyl/N-ethyl adjacent to an activating group) is 1. The van der Waals surface area contributed by atoms with Gasteiger partial charge in [-0.25, -0.2) is 0 Å². The summed E-state index contributed by atoms with van der Waals surface area (Å²) in [6.45, 7) is 2.79. The molecule has 0 spiro atoms. The van der Waals surface area contributed by atoms with E-state index in [1.807, 2.05) is 6.92 Å². The van der Waals surface area contributed by atoms with E-state index >= 15 is 0 Å². The van der Waals surface area contributed by atoms with Gasteiger partial charge in [-0.2, -0.15) is 17.0 Å². The molecular formula is C12H27N3O2S. The lowest BCUT2D eigenvalue weighted by atomic mass is 9.90. The Hall–Kier alpha value is -0.170. The molecule has 0 aromatic heterocycles. The van der Waals surface area contributed by atoms with Gasteiger partial charge in [-0.15, -0.1) is 0 Å². The summed E-state index contributed by atoms with van der Waals surface area (Å²) in [5.41, 5.74) is 5.58. The third-order valence-electron chi connectivity index (χ3n) is 3.97. The lowest BCUT2D eigenvalue weighted by Crippen LogP contribution is -2.58. The maximum absolute atomic E-state index is 12.4. The highest BCUT2D eigenvalue weighted by Crippen LogP contribution is 2.34. The first-order valence-electron chi connectivity index (χ1n) is 6.81.